The van der Waals surface area contributed by atoms with Crippen LogP contribution >= 0.6 is 0 Å². The molecule has 20 heavy (non-hydrogen) atoms. The van der Waals surface area contributed by atoms with Crippen molar-refractivity contribution in [2.75, 3.05) is 6.61 Å². The van der Waals surface area contributed by atoms with E-state index in [0.717, 1.165) is 12.0 Å². The third kappa shape index (κ3) is 4.23. The van der Waals surface area contributed by atoms with Gasteiger partial charge in [0.15, 0.2) is 6.10 Å². The summed E-state index contributed by atoms with van der Waals surface area (Å²) in [5.41, 5.74) is 1.99. The van der Waals surface area contributed by atoms with Crippen LogP contribution in [0.25, 0.3) is 0 Å². The highest BCUT2D eigenvalue weighted by molar-refractivity contribution is 5.89. The molecule has 0 aliphatic carbocycles. The van der Waals surface area contributed by atoms with Crippen molar-refractivity contribution in [3.8, 4) is 0 Å². The summed E-state index contributed by atoms with van der Waals surface area (Å²) in [6.07, 6.45) is 0.106. The van der Waals surface area contributed by atoms with Crippen molar-refractivity contribution in [1.82, 2.24) is 0 Å². The molecule has 1 aromatic carbocycles. The van der Waals surface area contributed by atoms with Crippen molar-refractivity contribution in [3.63, 3.8) is 0 Å². The van der Waals surface area contributed by atoms with Gasteiger partial charge in [0.05, 0.1) is 12.2 Å². The predicted molar refractivity (Wildman–Crippen MR) is 76.1 cm³/mol. The molecule has 1 unspecified atom stereocenters. The maximum absolute atomic E-state index is 11.7. The highest BCUT2D eigenvalue weighted by Crippen LogP contribution is 2.26. The van der Waals surface area contributed by atoms with Crippen LogP contribution in [0.4, 0.5) is 0 Å². The molecule has 108 valence electrons. The Balaban J connectivity index is 3.01. The van der Waals surface area contributed by atoms with Gasteiger partial charge in [0.1, 0.15) is 0 Å². The van der Waals surface area contributed by atoms with Crippen molar-refractivity contribution in [3.05, 3.63) is 47.5 Å². The van der Waals surface area contributed by atoms with Crippen LogP contribution in [-0.2, 0) is 25.5 Å². The van der Waals surface area contributed by atoms with Gasteiger partial charge in [-0.2, -0.15) is 0 Å². The van der Waals surface area contributed by atoms with Crippen LogP contribution in [0.1, 0.15) is 38.0 Å². The predicted octanol–water partition coefficient (Wildman–Crippen LogP) is 2.97. The number of aryl methyl sites for hydroxylation is 1. The van der Waals surface area contributed by atoms with E-state index >= 15 is 0 Å². The normalized spacial score (nSPS) is 11.6. The number of ether oxygens (including phenoxy) is 2. The van der Waals surface area contributed by atoms with E-state index in [1.54, 1.807) is 6.92 Å². The molecule has 1 atom stereocenters. The second kappa shape index (κ2) is 7.48. The van der Waals surface area contributed by atoms with E-state index in [4.69, 9.17) is 9.47 Å². The van der Waals surface area contributed by atoms with Crippen LogP contribution in [-0.4, -0.2) is 18.5 Å². The second-order valence-electron chi connectivity index (χ2n) is 4.33. The first-order valence-electron chi connectivity index (χ1n) is 6.61. The summed E-state index contributed by atoms with van der Waals surface area (Å²) in [5.74, 6) is -1.03. The van der Waals surface area contributed by atoms with E-state index in [9.17, 15) is 9.59 Å². The van der Waals surface area contributed by atoms with Gasteiger partial charge in [-0.05, 0) is 24.5 Å². The lowest BCUT2D eigenvalue weighted by molar-refractivity contribution is -0.147. The number of rotatable bonds is 6. The fourth-order valence-corrected chi connectivity index (χ4v) is 1.77. The molecular formula is C16H20O4. The van der Waals surface area contributed by atoms with Crippen LogP contribution < -0.4 is 0 Å². The molecular weight excluding hydrogens is 256 g/mol. The van der Waals surface area contributed by atoms with E-state index in [1.807, 2.05) is 24.3 Å². The van der Waals surface area contributed by atoms with Crippen molar-refractivity contribution in [2.45, 2.75) is 33.3 Å². The molecule has 4 heteroatoms. The smallest absolute Gasteiger partial charge is 0.337 e. The number of hydrogen-bond donors (Lipinski definition) is 0. The van der Waals surface area contributed by atoms with Gasteiger partial charge in [-0.15, -0.1) is 0 Å². The van der Waals surface area contributed by atoms with E-state index in [0.29, 0.717) is 5.56 Å². The van der Waals surface area contributed by atoms with Crippen molar-refractivity contribution < 1.29 is 19.1 Å². The monoisotopic (exact) mass is 276 g/mol. The molecule has 1 rings (SSSR count). The van der Waals surface area contributed by atoms with Gasteiger partial charge in [0, 0.05) is 6.92 Å². The SMILES string of the molecule is C=C(C(=O)OCC)C(OC(C)=O)c1ccc(CC)cc1. The van der Waals surface area contributed by atoms with E-state index in [1.165, 1.54) is 6.92 Å². The first kappa shape index (κ1) is 16.0. The number of hydrogen-bond acceptors (Lipinski definition) is 4. The second-order valence-corrected chi connectivity index (χ2v) is 4.33. The lowest BCUT2D eigenvalue weighted by Crippen LogP contribution is -2.18. The summed E-state index contributed by atoms with van der Waals surface area (Å²) in [6, 6.07) is 7.53. The van der Waals surface area contributed by atoms with E-state index in [2.05, 4.69) is 13.5 Å². The lowest BCUT2D eigenvalue weighted by Gasteiger charge is -2.19. The molecule has 0 radical (unpaired) electrons. The van der Waals surface area contributed by atoms with Gasteiger partial charge >= 0.3 is 11.9 Å². The van der Waals surface area contributed by atoms with Crippen LogP contribution in [0.15, 0.2) is 36.4 Å². The molecule has 0 bridgehead atoms. The zero-order chi connectivity index (χ0) is 15.1. The third-order valence-electron chi connectivity index (χ3n) is 2.83. The molecule has 0 spiro atoms. The first-order valence-corrected chi connectivity index (χ1v) is 6.61. The van der Waals surface area contributed by atoms with Crippen LogP contribution in [0.5, 0.6) is 0 Å². The van der Waals surface area contributed by atoms with Crippen LogP contribution in [0.2, 0.25) is 0 Å². The average Bonchev–Trinajstić information content (AvgIpc) is 2.44. The van der Waals surface area contributed by atoms with Crippen LogP contribution in [0.3, 0.4) is 0 Å². The quantitative estimate of drug-likeness (QED) is 0.592. The molecule has 4 nitrogen and oxygen atoms in total. The Hall–Kier alpha value is -2.10. The maximum Gasteiger partial charge on any atom is 0.337 e. The highest BCUT2D eigenvalue weighted by Gasteiger charge is 2.24. The molecule has 0 amide bonds. The Morgan fingerprint density at radius 3 is 2.25 bits per heavy atom. The molecule has 0 saturated heterocycles. The molecule has 0 aliphatic heterocycles. The number of carbonyl (C=O) groups is 2. The number of esters is 2. The van der Waals surface area contributed by atoms with E-state index in [-0.39, 0.29) is 12.2 Å². The van der Waals surface area contributed by atoms with Gasteiger partial charge in [-0.1, -0.05) is 37.8 Å². The van der Waals surface area contributed by atoms with Crippen LogP contribution in [0, 0.1) is 0 Å². The molecule has 0 aromatic heterocycles. The molecule has 0 heterocycles. The topological polar surface area (TPSA) is 52.6 Å². The fraction of sp³-hybridized carbons (Fsp3) is 0.375. The Labute approximate surface area is 119 Å². The number of carbonyl (C=O) groups excluding carboxylic acids is 2. The molecule has 0 saturated carbocycles. The lowest BCUT2D eigenvalue weighted by atomic mass is 10.0. The maximum atomic E-state index is 11.7. The summed E-state index contributed by atoms with van der Waals surface area (Å²) in [4.78, 5) is 23.0. The molecule has 1 aromatic rings. The Bertz CT molecular complexity index is 488. The number of benzene rings is 1. The summed E-state index contributed by atoms with van der Waals surface area (Å²) >= 11 is 0. The summed E-state index contributed by atoms with van der Waals surface area (Å²) in [6.45, 7) is 9.00. The molecule has 0 fully saturated rings. The Morgan fingerprint density at radius 2 is 1.80 bits per heavy atom. The van der Waals surface area contributed by atoms with E-state index < -0.39 is 18.0 Å². The zero-order valence-electron chi connectivity index (χ0n) is 12.1. The fourth-order valence-electron chi connectivity index (χ4n) is 1.77. The van der Waals surface area contributed by atoms with Gasteiger partial charge in [-0.3, -0.25) is 4.79 Å². The van der Waals surface area contributed by atoms with Gasteiger partial charge in [0.25, 0.3) is 0 Å². The summed E-state index contributed by atoms with van der Waals surface area (Å²) in [7, 11) is 0. The standard InChI is InChI=1S/C16H20O4/c1-5-13-7-9-14(10-8-13)15(20-12(4)17)11(3)16(18)19-6-2/h7-10,15H,3,5-6H2,1-2,4H3. The van der Waals surface area contributed by atoms with Gasteiger partial charge in [-0.25, -0.2) is 4.79 Å². The first-order chi connectivity index (χ1) is 9.49. The van der Waals surface area contributed by atoms with Gasteiger partial charge < -0.3 is 9.47 Å². The zero-order valence-corrected chi connectivity index (χ0v) is 12.1. The Kier molecular flexibility index (Phi) is 5.97. The molecule has 0 N–H and O–H groups in total. The summed E-state index contributed by atoms with van der Waals surface area (Å²) < 4.78 is 10.1. The third-order valence-corrected chi connectivity index (χ3v) is 2.83. The minimum Gasteiger partial charge on any atom is -0.463 e. The van der Waals surface area contributed by atoms with Crippen molar-refractivity contribution in [1.29, 1.82) is 0 Å². The Morgan fingerprint density at radius 1 is 1.20 bits per heavy atom. The minimum absolute atomic E-state index is 0.117. The highest BCUT2D eigenvalue weighted by atomic mass is 16.6. The largest absolute Gasteiger partial charge is 0.463 e. The molecule has 0 aliphatic rings. The average molecular weight is 276 g/mol. The summed E-state index contributed by atoms with van der Waals surface area (Å²) in [5, 5.41) is 0. The van der Waals surface area contributed by atoms with Gasteiger partial charge in [0.2, 0.25) is 0 Å². The van der Waals surface area contributed by atoms with Crippen molar-refractivity contribution >= 4 is 11.9 Å². The minimum atomic E-state index is -0.808. The van der Waals surface area contributed by atoms with Crippen molar-refractivity contribution in [2.24, 2.45) is 0 Å².